The lowest BCUT2D eigenvalue weighted by atomic mass is 9.92. The van der Waals surface area contributed by atoms with Gasteiger partial charge in [-0.05, 0) is 43.9 Å². The van der Waals surface area contributed by atoms with Gasteiger partial charge in [0.1, 0.15) is 5.82 Å². The highest BCUT2D eigenvalue weighted by Gasteiger charge is 2.34. The van der Waals surface area contributed by atoms with Crippen molar-refractivity contribution in [3.63, 3.8) is 0 Å². The molecule has 1 atom stereocenters. The first-order chi connectivity index (χ1) is 12.5. The van der Waals surface area contributed by atoms with Gasteiger partial charge in [0.2, 0.25) is 5.91 Å². The highest BCUT2D eigenvalue weighted by molar-refractivity contribution is 5.76. The van der Waals surface area contributed by atoms with E-state index in [-0.39, 0.29) is 12.5 Å². The third-order valence-electron chi connectivity index (χ3n) is 4.88. The zero-order valence-corrected chi connectivity index (χ0v) is 15.5. The molecule has 140 valence electrons. The maximum atomic E-state index is 12.2. The summed E-state index contributed by atoms with van der Waals surface area (Å²) in [5.74, 6) is 0.820. The van der Waals surface area contributed by atoms with Gasteiger partial charge in [0.05, 0.1) is 11.3 Å². The van der Waals surface area contributed by atoms with Crippen LogP contribution < -0.4 is 10.2 Å². The Labute approximate surface area is 154 Å². The number of hydrogen-bond acceptors (Lipinski definition) is 5. The Kier molecular flexibility index (Phi) is 5.56. The van der Waals surface area contributed by atoms with Gasteiger partial charge in [-0.2, -0.15) is 5.10 Å². The number of nitrogens with one attached hydrogen (secondary N) is 1. The fourth-order valence-electron chi connectivity index (χ4n) is 3.49. The number of carbonyl (C=O) groups excluding carboxylic acids is 1. The van der Waals surface area contributed by atoms with E-state index in [0.717, 1.165) is 30.0 Å². The molecule has 2 aromatic rings. The van der Waals surface area contributed by atoms with E-state index in [0.29, 0.717) is 25.8 Å². The van der Waals surface area contributed by atoms with E-state index in [1.165, 1.54) is 0 Å². The number of rotatable bonds is 6. The quantitative estimate of drug-likeness (QED) is 0.812. The highest BCUT2D eigenvalue weighted by atomic mass is 16.3. The molecule has 3 heterocycles. The van der Waals surface area contributed by atoms with Gasteiger partial charge in [0.15, 0.2) is 0 Å². The SMILES string of the molecule is Cc1nn(C)cc1CCC(=O)NC[C@@]1(O)CCCN(c2ccccn2)C1. The molecule has 2 N–H and O–H groups in total. The molecule has 0 aliphatic carbocycles. The summed E-state index contributed by atoms with van der Waals surface area (Å²) in [5.41, 5.74) is 1.12. The Morgan fingerprint density at radius 2 is 2.27 bits per heavy atom. The zero-order valence-electron chi connectivity index (χ0n) is 15.5. The largest absolute Gasteiger partial charge is 0.386 e. The number of aliphatic hydroxyl groups is 1. The van der Waals surface area contributed by atoms with Gasteiger partial charge in [0.25, 0.3) is 0 Å². The lowest BCUT2D eigenvalue weighted by molar-refractivity contribution is -0.122. The van der Waals surface area contributed by atoms with Crippen LogP contribution in [0.1, 0.15) is 30.5 Å². The van der Waals surface area contributed by atoms with Gasteiger partial charge in [-0.3, -0.25) is 9.48 Å². The number of hydrogen-bond donors (Lipinski definition) is 2. The van der Waals surface area contributed by atoms with Gasteiger partial charge in [-0.25, -0.2) is 4.98 Å². The topological polar surface area (TPSA) is 83.3 Å². The number of amides is 1. The summed E-state index contributed by atoms with van der Waals surface area (Å²) < 4.78 is 1.76. The predicted octanol–water partition coefficient (Wildman–Crippen LogP) is 1.20. The second-order valence-electron chi connectivity index (χ2n) is 7.13. The van der Waals surface area contributed by atoms with Crippen LogP contribution in [0.3, 0.4) is 0 Å². The molecule has 1 aliphatic rings. The average Bonchev–Trinajstić information content (AvgIpc) is 2.96. The van der Waals surface area contributed by atoms with Crippen LogP contribution in [0.5, 0.6) is 0 Å². The second kappa shape index (κ2) is 7.86. The zero-order chi connectivity index (χ0) is 18.6. The van der Waals surface area contributed by atoms with Crippen molar-refractivity contribution in [2.75, 3.05) is 24.5 Å². The third-order valence-corrected chi connectivity index (χ3v) is 4.88. The van der Waals surface area contributed by atoms with E-state index < -0.39 is 5.60 Å². The van der Waals surface area contributed by atoms with Gasteiger partial charge >= 0.3 is 0 Å². The Morgan fingerprint density at radius 3 is 2.96 bits per heavy atom. The van der Waals surface area contributed by atoms with Gasteiger partial charge in [0, 0.05) is 45.5 Å². The minimum Gasteiger partial charge on any atom is -0.386 e. The molecule has 26 heavy (non-hydrogen) atoms. The highest BCUT2D eigenvalue weighted by Crippen LogP contribution is 2.24. The van der Waals surface area contributed by atoms with E-state index >= 15 is 0 Å². The lowest BCUT2D eigenvalue weighted by Crippen LogP contribution is -2.54. The summed E-state index contributed by atoms with van der Waals surface area (Å²) >= 11 is 0. The van der Waals surface area contributed by atoms with Crippen LogP contribution in [0.2, 0.25) is 0 Å². The van der Waals surface area contributed by atoms with Crippen LogP contribution in [0.15, 0.2) is 30.6 Å². The summed E-state index contributed by atoms with van der Waals surface area (Å²) in [7, 11) is 1.88. The molecule has 0 unspecified atom stereocenters. The molecule has 1 saturated heterocycles. The van der Waals surface area contributed by atoms with Crippen LogP contribution in [-0.4, -0.2) is 51.0 Å². The smallest absolute Gasteiger partial charge is 0.220 e. The van der Waals surface area contributed by atoms with E-state index in [9.17, 15) is 9.90 Å². The number of nitrogens with zero attached hydrogens (tertiary/aromatic N) is 4. The number of carbonyl (C=O) groups is 1. The minimum atomic E-state index is -0.921. The van der Waals surface area contributed by atoms with Crippen LogP contribution in [0.25, 0.3) is 0 Å². The summed E-state index contributed by atoms with van der Waals surface area (Å²) in [6.45, 7) is 3.56. The molecule has 0 aromatic carbocycles. The molecule has 0 saturated carbocycles. The van der Waals surface area contributed by atoms with Gasteiger partial charge in [-0.15, -0.1) is 0 Å². The van der Waals surface area contributed by atoms with E-state index in [1.54, 1.807) is 10.9 Å². The number of β-amino-alcohol motifs (C(OH)–C–C–N with tert-alkyl or cyclic N) is 1. The normalized spacial score (nSPS) is 20.2. The molecule has 0 radical (unpaired) electrons. The van der Waals surface area contributed by atoms with Crippen molar-refractivity contribution in [2.24, 2.45) is 7.05 Å². The van der Waals surface area contributed by atoms with Crippen molar-refractivity contribution < 1.29 is 9.90 Å². The monoisotopic (exact) mass is 357 g/mol. The van der Waals surface area contributed by atoms with E-state index in [2.05, 4.69) is 20.3 Å². The molecule has 0 bridgehead atoms. The second-order valence-corrected chi connectivity index (χ2v) is 7.13. The van der Waals surface area contributed by atoms with E-state index in [1.807, 2.05) is 38.4 Å². The Balaban J connectivity index is 1.49. The lowest BCUT2D eigenvalue weighted by Gasteiger charge is -2.39. The molecule has 7 nitrogen and oxygen atoms in total. The Morgan fingerprint density at radius 1 is 1.42 bits per heavy atom. The maximum absolute atomic E-state index is 12.2. The van der Waals surface area contributed by atoms with Crippen molar-refractivity contribution >= 4 is 11.7 Å². The number of aryl methyl sites for hydroxylation is 3. The van der Waals surface area contributed by atoms with Crippen molar-refractivity contribution in [3.8, 4) is 0 Å². The van der Waals surface area contributed by atoms with Crippen molar-refractivity contribution in [1.82, 2.24) is 20.1 Å². The Bertz CT molecular complexity index is 746. The Hall–Kier alpha value is -2.41. The van der Waals surface area contributed by atoms with Crippen molar-refractivity contribution in [3.05, 3.63) is 41.9 Å². The molecule has 0 spiro atoms. The summed E-state index contributed by atoms with van der Waals surface area (Å²) in [5, 5.41) is 18.1. The maximum Gasteiger partial charge on any atom is 0.220 e. The first kappa shape index (κ1) is 18.4. The molecular weight excluding hydrogens is 330 g/mol. The number of pyridine rings is 1. The minimum absolute atomic E-state index is 0.0448. The van der Waals surface area contributed by atoms with Crippen LogP contribution in [-0.2, 0) is 18.3 Å². The molecule has 1 fully saturated rings. The van der Waals surface area contributed by atoms with Crippen LogP contribution >= 0.6 is 0 Å². The van der Waals surface area contributed by atoms with Gasteiger partial charge in [-0.1, -0.05) is 6.07 Å². The van der Waals surface area contributed by atoms with Crippen molar-refractivity contribution in [1.29, 1.82) is 0 Å². The number of aromatic nitrogens is 3. The van der Waals surface area contributed by atoms with Crippen molar-refractivity contribution in [2.45, 2.75) is 38.2 Å². The fourth-order valence-corrected chi connectivity index (χ4v) is 3.49. The standard InChI is InChI=1S/C19H27N5O2/c1-15-16(12-23(2)22-15)7-8-18(25)21-13-19(26)9-5-11-24(14-19)17-6-3-4-10-20-17/h3-4,6,10,12,26H,5,7-9,11,13-14H2,1-2H3,(H,21,25)/t19-/m0/s1. The molecular formula is C19H27N5O2. The summed E-state index contributed by atoms with van der Waals surface area (Å²) in [4.78, 5) is 18.6. The first-order valence-electron chi connectivity index (χ1n) is 9.09. The molecule has 1 aliphatic heterocycles. The molecule has 7 heteroatoms. The molecule has 3 rings (SSSR count). The molecule has 1 amide bonds. The predicted molar refractivity (Wildman–Crippen MR) is 99.9 cm³/mol. The van der Waals surface area contributed by atoms with E-state index in [4.69, 9.17) is 0 Å². The number of piperidine rings is 1. The van der Waals surface area contributed by atoms with Crippen LogP contribution in [0, 0.1) is 6.92 Å². The first-order valence-corrected chi connectivity index (χ1v) is 9.09. The van der Waals surface area contributed by atoms with Gasteiger partial charge < -0.3 is 15.3 Å². The molecule has 2 aromatic heterocycles. The fraction of sp³-hybridized carbons (Fsp3) is 0.526. The van der Waals surface area contributed by atoms with Crippen LogP contribution in [0.4, 0.5) is 5.82 Å². The number of anilines is 1. The average molecular weight is 357 g/mol. The summed E-state index contributed by atoms with van der Waals surface area (Å²) in [6, 6.07) is 5.77. The third kappa shape index (κ3) is 4.60. The summed E-state index contributed by atoms with van der Waals surface area (Å²) in [6.07, 6.45) is 6.31.